The van der Waals surface area contributed by atoms with Crippen LogP contribution in [0.1, 0.15) is 32.3 Å². The summed E-state index contributed by atoms with van der Waals surface area (Å²) < 4.78 is 29.0. The molecule has 1 fully saturated rings. The van der Waals surface area contributed by atoms with Crippen molar-refractivity contribution < 1.29 is 13.6 Å². The van der Waals surface area contributed by atoms with Gasteiger partial charge in [-0.15, -0.1) is 0 Å². The van der Waals surface area contributed by atoms with Crippen LogP contribution in [0.3, 0.4) is 0 Å². The van der Waals surface area contributed by atoms with Crippen LogP contribution < -0.4 is 21.3 Å². The number of fused-ring (bicyclic) bond motifs is 1. The Bertz CT molecular complexity index is 1520. The van der Waals surface area contributed by atoms with Gasteiger partial charge in [-0.25, -0.2) is 23.5 Å². The molecule has 0 aliphatic carbocycles. The van der Waals surface area contributed by atoms with Crippen molar-refractivity contribution in [2.75, 3.05) is 23.7 Å². The number of carbonyl (C=O) groups excluding carboxylic acids is 1. The van der Waals surface area contributed by atoms with Crippen molar-refractivity contribution in [2.24, 2.45) is 5.92 Å². The van der Waals surface area contributed by atoms with Gasteiger partial charge in [0.1, 0.15) is 11.3 Å². The average molecular weight is 569 g/mol. The Hall–Kier alpha value is -3.83. The molecule has 0 spiro atoms. The maximum Gasteiger partial charge on any atom is 0.319 e. The number of halogens is 3. The van der Waals surface area contributed by atoms with Crippen LogP contribution in [0.5, 0.6) is 0 Å². The highest BCUT2D eigenvalue weighted by Gasteiger charge is 2.22. The number of nitrogens with one attached hydrogen (secondary N) is 4. The minimum absolute atomic E-state index is 0.00118. The standard InChI is InChI=1S/C28H31ClF2N8O/c1-16(2)35-28(40)36-19-6-7-20(21(29)11-19)25-37-24-14-34-27(33-13-17-5-8-22(30)23(31)10-17)38-26(24)39(25)15-18-4-3-9-32-12-18/h5-8,10-11,14,16,18,32H,3-4,9,12-13,15H2,1-2H3,(H,33,34,38)(H2,35,36,40)/t18-/m1/s1. The summed E-state index contributed by atoms with van der Waals surface area (Å²) in [7, 11) is 0. The quantitative estimate of drug-likeness (QED) is 0.221. The molecular formula is C28H31ClF2N8O. The summed E-state index contributed by atoms with van der Waals surface area (Å²) in [5, 5.41) is 12.6. The van der Waals surface area contributed by atoms with Crippen LogP contribution >= 0.6 is 11.6 Å². The third-order valence-electron chi connectivity index (χ3n) is 6.65. The zero-order chi connectivity index (χ0) is 28.2. The van der Waals surface area contributed by atoms with Gasteiger partial charge in [0.05, 0.1) is 11.2 Å². The lowest BCUT2D eigenvalue weighted by atomic mass is 9.99. The molecule has 2 aromatic carbocycles. The SMILES string of the molecule is CC(C)NC(=O)Nc1ccc(-c2nc3cnc(NCc4ccc(F)c(F)c4)nc3n2C[C@@H]2CCCNC2)c(Cl)c1. The lowest BCUT2D eigenvalue weighted by Crippen LogP contribution is -2.34. The maximum atomic E-state index is 13.6. The van der Waals surface area contributed by atoms with Crippen molar-refractivity contribution in [2.45, 2.75) is 45.8 Å². The number of amides is 2. The first-order valence-electron chi connectivity index (χ1n) is 13.3. The predicted molar refractivity (Wildman–Crippen MR) is 152 cm³/mol. The van der Waals surface area contributed by atoms with E-state index in [1.165, 1.54) is 6.07 Å². The summed E-state index contributed by atoms with van der Waals surface area (Å²) in [4.78, 5) is 26.1. The molecule has 3 heterocycles. The number of piperidine rings is 1. The summed E-state index contributed by atoms with van der Waals surface area (Å²) in [6, 6.07) is 8.76. The molecule has 1 saturated heterocycles. The first-order chi connectivity index (χ1) is 19.3. The Morgan fingerprint density at radius 1 is 1.18 bits per heavy atom. The van der Waals surface area contributed by atoms with Gasteiger partial charge < -0.3 is 25.8 Å². The number of urea groups is 1. The minimum atomic E-state index is -0.905. The Labute approximate surface area is 235 Å². The average Bonchev–Trinajstić information content (AvgIpc) is 3.26. The van der Waals surface area contributed by atoms with Gasteiger partial charge in [0.2, 0.25) is 5.95 Å². The summed E-state index contributed by atoms with van der Waals surface area (Å²) in [5.74, 6) is -0.434. The highest BCUT2D eigenvalue weighted by Crippen LogP contribution is 2.33. The Kier molecular flexibility index (Phi) is 8.41. The second-order valence-corrected chi connectivity index (χ2v) is 10.6. The van der Waals surface area contributed by atoms with Crippen molar-refractivity contribution in [1.29, 1.82) is 0 Å². The van der Waals surface area contributed by atoms with E-state index in [-0.39, 0.29) is 18.6 Å². The Morgan fingerprint density at radius 2 is 2.02 bits per heavy atom. The van der Waals surface area contributed by atoms with Gasteiger partial charge in [-0.2, -0.15) is 4.98 Å². The zero-order valence-electron chi connectivity index (χ0n) is 22.3. The molecule has 4 aromatic rings. The van der Waals surface area contributed by atoms with E-state index in [2.05, 4.69) is 30.8 Å². The summed E-state index contributed by atoms with van der Waals surface area (Å²) in [6.07, 6.45) is 3.79. The molecular weight excluding hydrogens is 538 g/mol. The third-order valence-corrected chi connectivity index (χ3v) is 6.96. The first kappa shape index (κ1) is 27.7. The van der Waals surface area contributed by atoms with Crippen molar-refractivity contribution in [3.63, 3.8) is 0 Å². The molecule has 5 rings (SSSR count). The zero-order valence-corrected chi connectivity index (χ0v) is 23.0. The van der Waals surface area contributed by atoms with E-state index in [9.17, 15) is 13.6 Å². The van der Waals surface area contributed by atoms with E-state index < -0.39 is 11.6 Å². The van der Waals surface area contributed by atoms with Crippen LogP contribution in [0.4, 0.5) is 25.2 Å². The molecule has 1 aliphatic rings. The molecule has 210 valence electrons. The van der Waals surface area contributed by atoms with Gasteiger partial charge in [-0.1, -0.05) is 17.7 Å². The van der Waals surface area contributed by atoms with Crippen LogP contribution in [0.25, 0.3) is 22.6 Å². The highest BCUT2D eigenvalue weighted by atomic mass is 35.5. The van der Waals surface area contributed by atoms with E-state index in [1.807, 2.05) is 19.9 Å². The van der Waals surface area contributed by atoms with Gasteiger partial charge in [0, 0.05) is 30.4 Å². The number of aromatic nitrogens is 4. The van der Waals surface area contributed by atoms with Gasteiger partial charge >= 0.3 is 6.03 Å². The lowest BCUT2D eigenvalue weighted by Gasteiger charge is -2.24. The number of carbonyl (C=O) groups is 1. The highest BCUT2D eigenvalue weighted by molar-refractivity contribution is 6.33. The predicted octanol–water partition coefficient (Wildman–Crippen LogP) is 5.57. The first-order valence-corrected chi connectivity index (χ1v) is 13.6. The summed E-state index contributed by atoms with van der Waals surface area (Å²) in [5.41, 5.74) is 3.07. The monoisotopic (exact) mass is 568 g/mol. The molecule has 2 aromatic heterocycles. The third kappa shape index (κ3) is 6.48. The largest absolute Gasteiger partial charge is 0.350 e. The number of benzene rings is 2. The fourth-order valence-electron chi connectivity index (χ4n) is 4.75. The van der Waals surface area contributed by atoms with Gasteiger partial charge in [0.15, 0.2) is 17.3 Å². The molecule has 4 N–H and O–H groups in total. The van der Waals surface area contributed by atoms with Crippen LogP contribution in [0.15, 0.2) is 42.6 Å². The Morgan fingerprint density at radius 3 is 2.75 bits per heavy atom. The molecule has 0 bridgehead atoms. The molecule has 0 saturated carbocycles. The lowest BCUT2D eigenvalue weighted by molar-refractivity contribution is 0.250. The minimum Gasteiger partial charge on any atom is -0.350 e. The van der Waals surface area contributed by atoms with Gasteiger partial charge in [0.25, 0.3) is 0 Å². The number of rotatable bonds is 8. The second-order valence-electron chi connectivity index (χ2n) is 10.2. The molecule has 40 heavy (non-hydrogen) atoms. The molecule has 0 unspecified atom stereocenters. The van der Waals surface area contributed by atoms with E-state index in [0.29, 0.717) is 57.2 Å². The van der Waals surface area contributed by atoms with Crippen LogP contribution in [0.2, 0.25) is 5.02 Å². The Balaban J connectivity index is 1.46. The van der Waals surface area contributed by atoms with Crippen LogP contribution in [0, 0.1) is 17.6 Å². The fourth-order valence-corrected chi connectivity index (χ4v) is 5.02. The molecule has 2 amide bonds. The smallest absolute Gasteiger partial charge is 0.319 e. The maximum absolute atomic E-state index is 13.6. The summed E-state index contributed by atoms with van der Waals surface area (Å²) >= 11 is 6.73. The number of anilines is 2. The van der Waals surface area contributed by atoms with E-state index in [1.54, 1.807) is 18.3 Å². The van der Waals surface area contributed by atoms with E-state index in [4.69, 9.17) is 21.6 Å². The van der Waals surface area contributed by atoms with Crippen molar-refractivity contribution >= 4 is 40.4 Å². The van der Waals surface area contributed by atoms with Gasteiger partial charge in [-0.3, -0.25) is 0 Å². The number of nitrogens with zero attached hydrogens (tertiary/aromatic N) is 4. The molecule has 12 heteroatoms. The molecule has 1 atom stereocenters. The van der Waals surface area contributed by atoms with Crippen molar-refractivity contribution in [1.82, 2.24) is 30.2 Å². The molecule has 0 radical (unpaired) electrons. The van der Waals surface area contributed by atoms with Crippen LogP contribution in [-0.4, -0.2) is 44.7 Å². The second kappa shape index (κ2) is 12.1. The van der Waals surface area contributed by atoms with Crippen molar-refractivity contribution in [3.8, 4) is 11.4 Å². The van der Waals surface area contributed by atoms with E-state index in [0.717, 1.165) is 38.1 Å². The number of hydrogen-bond donors (Lipinski definition) is 4. The molecule has 9 nitrogen and oxygen atoms in total. The fraction of sp³-hybridized carbons (Fsp3) is 0.357. The number of imidazole rings is 1. The van der Waals surface area contributed by atoms with E-state index >= 15 is 0 Å². The van der Waals surface area contributed by atoms with Crippen molar-refractivity contribution in [3.05, 3.63) is 64.8 Å². The van der Waals surface area contributed by atoms with Crippen LogP contribution in [-0.2, 0) is 13.1 Å². The molecule has 1 aliphatic heterocycles. The topological polar surface area (TPSA) is 109 Å². The number of hydrogen-bond acceptors (Lipinski definition) is 6. The summed E-state index contributed by atoms with van der Waals surface area (Å²) in [6.45, 7) is 6.54. The van der Waals surface area contributed by atoms with Gasteiger partial charge in [-0.05, 0) is 81.6 Å². The normalized spacial score (nSPS) is 15.4.